The van der Waals surface area contributed by atoms with Crippen LogP contribution in [0.3, 0.4) is 0 Å². The summed E-state index contributed by atoms with van der Waals surface area (Å²) in [7, 11) is 0. The predicted octanol–water partition coefficient (Wildman–Crippen LogP) is 3.62. The van der Waals surface area contributed by atoms with Crippen LogP contribution in [0.1, 0.15) is 42.2 Å². The third kappa shape index (κ3) is 5.71. The summed E-state index contributed by atoms with van der Waals surface area (Å²) in [5.41, 5.74) is 0.794. The summed E-state index contributed by atoms with van der Waals surface area (Å²) in [5, 5.41) is 5.27. The van der Waals surface area contributed by atoms with E-state index in [0.29, 0.717) is 19.6 Å². The van der Waals surface area contributed by atoms with Gasteiger partial charge in [0.2, 0.25) is 11.8 Å². The first-order valence-electron chi connectivity index (χ1n) is 11.2. The maximum absolute atomic E-state index is 13.1. The van der Waals surface area contributed by atoms with E-state index < -0.39 is 0 Å². The van der Waals surface area contributed by atoms with Gasteiger partial charge in [0, 0.05) is 24.5 Å². The first-order valence-corrected chi connectivity index (χ1v) is 12.1. The molecule has 1 aromatic heterocycles. The van der Waals surface area contributed by atoms with E-state index in [2.05, 4.69) is 27.7 Å². The van der Waals surface area contributed by atoms with Crippen molar-refractivity contribution < 1.29 is 14.0 Å². The molecule has 0 radical (unpaired) electrons. The molecule has 1 N–H and O–H groups in total. The van der Waals surface area contributed by atoms with E-state index in [1.165, 1.54) is 29.9 Å². The van der Waals surface area contributed by atoms with Crippen molar-refractivity contribution in [2.45, 2.75) is 38.1 Å². The molecule has 3 heterocycles. The third-order valence-electron chi connectivity index (χ3n) is 6.34. The first kappa shape index (κ1) is 22.0. The SMILES string of the molecule is O=C(NCC(c1cccs1)N1CCCC1)C1CCCN(C(=O)Cc2ccc(F)cc2)C1. The number of carbonyl (C=O) groups excluding carboxylic acids is 2. The monoisotopic (exact) mass is 443 g/mol. The molecule has 7 heteroatoms. The van der Waals surface area contributed by atoms with E-state index in [9.17, 15) is 14.0 Å². The highest BCUT2D eigenvalue weighted by atomic mass is 32.1. The molecule has 2 saturated heterocycles. The summed E-state index contributed by atoms with van der Waals surface area (Å²) in [6, 6.07) is 10.5. The molecular weight excluding hydrogens is 413 g/mol. The molecule has 0 bridgehead atoms. The molecule has 0 spiro atoms. The quantitative estimate of drug-likeness (QED) is 0.711. The van der Waals surface area contributed by atoms with Crippen molar-refractivity contribution in [3.8, 4) is 0 Å². The van der Waals surface area contributed by atoms with Gasteiger partial charge in [0.05, 0.1) is 18.4 Å². The Morgan fingerprint density at radius 1 is 1.10 bits per heavy atom. The Morgan fingerprint density at radius 3 is 2.58 bits per heavy atom. The van der Waals surface area contributed by atoms with Gasteiger partial charge >= 0.3 is 0 Å². The molecular formula is C24H30FN3O2S. The topological polar surface area (TPSA) is 52.7 Å². The van der Waals surface area contributed by atoms with Crippen LogP contribution >= 0.6 is 11.3 Å². The number of likely N-dealkylation sites (tertiary alicyclic amines) is 2. The Hall–Kier alpha value is -2.25. The smallest absolute Gasteiger partial charge is 0.227 e. The number of nitrogens with zero attached hydrogens (tertiary/aromatic N) is 2. The second-order valence-corrected chi connectivity index (χ2v) is 9.48. The Morgan fingerprint density at radius 2 is 1.87 bits per heavy atom. The number of hydrogen-bond acceptors (Lipinski definition) is 4. The molecule has 4 rings (SSSR count). The summed E-state index contributed by atoms with van der Waals surface area (Å²) in [5.74, 6) is -0.438. The highest BCUT2D eigenvalue weighted by molar-refractivity contribution is 7.10. The van der Waals surface area contributed by atoms with Gasteiger partial charge in [-0.15, -0.1) is 11.3 Å². The second kappa shape index (κ2) is 10.4. The number of piperidine rings is 1. The van der Waals surface area contributed by atoms with Gasteiger partial charge in [-0.25, -0.2) is 4.39 Å². The van der Waals surface area contributed by atoms with Gasteiger partial charge in [0.25, 0.3) is 0 Å². The Bertz CT molecular complexity index is 865. The van der Waals surface area contributed by atoms with Crippen molar-refractivity contribution in [1.82, 2.24) is 15.1 Å². The Kier molecular flexibility index (Phi) is 7.35. The molecule has 2 amide bonds. The van der Waals surface area contributed by atoms with Gasteiger partial charge in [-0.3, -0.25) is 14.5 Å². The van der Waals surface area contributed by atoms with Gasteiger partial charge in [-0.2, -0.15) is 0 Å². The molecule has 2 aromatic rings. The minimum atomic E-state index is -0.305. The van der Waals surface area contributed by atoms with Crippen molar-refractivity contribution in [2.75, 3.05) is 32.7 Å². The van der Waals surface area contributed by atoms with E-state index >= 15 is 0 Å². The largest absolute Gasteiger partial charge is 0.354 e. The van der Waals surface area contributed by atoms with Crippen LogP contribution in [0, 0.1) is 11.7 Å². The van der Waals surface area contributed by atoms with Crippen LogP contribution in [-0.2, 0) is 16.0 Å². The Labute approximate surface area is 187 Å². The first-order chi connectivity index (χ1) is 15.1. The zero-order chi connectivity index (χ0) is 21.6. The molecule has 1 aromatic carbocycles. The fourth-order valence-electron chi connectivity index (χ4n) is 4.59. The fraction of sp³-hybridized carbons (Fsp3) is 0.500. The molecule has 2 unspecified atom stereocenters. The van der Waals surface area contributed by atoms with Gasteiger partial charge in [-0.1, -0.05) is 18.2 Å². The molecule has 0 aliphatic carbocycles. The molecule has 2 fully saturated rings. The highest BCUT2D eigenvalue weighted by Gasteiger charge is 2.30. The minimum absolute atomic E-state index is 0.00219. The zero-order valence-corrected chi connectivity index (χ0v) is 18.6. The van der Waals surface area contributed by atoms with Crippen molar-refractivity contribution in [2.24, 2.45) is 5.92 Å². The number of hydrogen-bond donors (Lipinski definition) is 1. The number of carbonyl (C=O) groups is 2. The van der Waals surface area contributed by atoms with Gasteiger partial charge in [0.15, 0.2) is 0 Å². The maximum atomic E-state index is 13.1. The number of nitrogens with one attached hydrogen (secondary N) is 1. The second-order valence-electron chi connectivity index (χ2n) is 8.50. The van der Waals surface area contributed by atoms with Crippen molar-refractivity contribution in [3.63, 3.8) is 0 Å². The lowest BCUT2D eigenvalue weighted by Gasteiger charge is -2.33. The number of thiophene rings is 1. The average Bonchev–Trinajstić information content (AvgIpc) is 3.50. The molecule has 0 saturated carbocycles. The summed E-state index contributed by atoms with van der Waals surface area (Å²) in [4.78, 5) is 31.2. The van der Waals surface area contributed by atoms with Crippen LogP contribution in [0.25, 0.3) is 0 Å². The van der Waals surface area contributed by atoms with E-state index in [0.717, 1.165) is 31.5 Å². The summed E-state index contributed by atoms with van der Waals surface area (Å²) < 4.78 is 13.1. The Balaban J connectivity index is 1.31. The standard InChI is InChI=1S/C24H30FN3O2S/c25-20-9-7-18(8-10-20)15-23(29)28-13-3-5-19(17-28)24(30)26-16-21(22-6-4-14-31-22)27-11-1-2-12-27/h4,6-10,14,19,21H,1-3,5,11-13,15-17H2,(H,26,30). The number of rotatable bonds is 7. The van der Waals surface area contributed by atoms with Crippen LogP contribution < -0.4 is 5.32 Å². The highest BCUT2D eigenvalue weighted by Crippen LogP contribution is 2.28. The average molecular weight is 444 g/mol. The van der Waals surface area contributed by atoms with Crippen molar-refractivity contribution in [3.05, 3.63) is 58.0 Å². The lowest BCUT2D eigenvalue weighted by atomic mass is 9.96. The molecule has 2 aliphatic heterocycles. The number of amides is 2. The fourth-order valence-corrected chi connectivity index (χ4v) is 5.45. The molecule has 2 aliphatic rings. The number of benzene rings is 1. The van der Waals surface area contributed by atoms with Crippen LogP contribution in [-0.4, -0.2) is 54.3 Å². The molecule has 5 nitrogen and oxygen atoms in total. The maximum Gasteiger partial charge on any atom is 0.227 e. The summed E-state index contributed by atoms with van der Waals surface area (Å²) in [6.07, 6.45) is 4.30. The summed E-state index contributed by atoms with van der Waals surface area (Å²) >= 11 is 1.74. The van der Waals surface area contributed by atoms with E-state index in [1.54, 1.807) is 28.4 Å². The van der Waals surface area contributed by atoms with Crippen LogP contribution in [0.2, 0.25) is 0 Å². The zero-order valence-electron chi connectivity index (χ0n) is 17.8. The minimum Gasteiger partial charge on any atom is -0.354 e. The van der Waals surface area contributed by atoms with Crippen molar-refractivity contribution >= 4 is 23.2 Å². The lowest BCUT2D eigenvalue weighted by molar-refractivity contribution is -0.135. The van der Waals surface area contributed by atoms with Crippen LogP contribution in [0.5, 0.6) is 0 Å². The van der Waals surface area contributed by atoms with Gasteiger partial charge < -0.3 is 10.2 Å². The van der Waals surface area contributed by atoms with Gasteiger partial charge in [-0.05, 0) is 67.9 Å². The predicted molar refractivity (Wildman–Crippen MR) is 120 cm³/mol. The van der Waals surface area contributed by atoms with Crippen LogP contribution in [0.4, 0.5) is 4.39 Å². The lowest BCUT2D eigenvalue weighted by Crippen LogP contribution is -2.47. The van der Waals surface area contributed by atoms with Crippen molar-refractivity contribution in [1.29, 1.82) is 0 Å². The molecule has 31 heavy (non-hydrogen) atoms. The third-order valence-corrected chi connectivity index (χ3v) is 7.31. The molecule has 166 valence electrons. The van der Waals surface area contributed by atoms with E-state index in [1.807, 2.05) is 0 Å². The van der Waals surface area contributed by atoms with Crippen LogP contribution in [0.15, 0.2) is 41.8 Å². The molecule has 2 atom stereocenters. The van der Waals surface area contributed by atoms with E-state index in [4.69, 9.17) is 0 Å². The summed E-state index contributed by atoms with van der Waals surface area (Å²) in [6.45, 7) is 3.90. The normalized spacial score (nSPS) is 20.5. The number of halogens is 1. The van der Waals surface area contributed by atoms with Gasteiger partial charge in [0.1, 0.15) is 5.82 Å². The van der Waals surface area contributed by atoms with E-state index in [-0.39, 0.29) is 36.0 Å².